The van der Waals surface area contributed by atoms with Gasteiger partial charge in [0.05, 0.1) is 22.7 Å². The van der Waals surface area contributed by atoms with Crippen LogP contribution in [0.25, 0.3) is 33.8 Å². The Morgan fingerprint density at radius 1 is 0.340 bits per heavy atom. The molecule has 3 unspecified atom stereocenters. The van der Waals surface area contributed by atoms with E-state index in [0.29, 0.717) is 23.5 Å². The van der Waals surface area contributed by atoms with Gasteiger partial charge >= 0.3 is 0 Å². The zero-order valence-electron chi connectivity index (χ0n) is 70.2. The number of fused-ring (bicyclic) bond motifs is 2. The zero-order chi connectivity index (χ0) is 79.4. The SMILES string of the molecule is CCc1ccc(-c2ccccc2C)[n+](C)c1.Cc1ccccc1N1C=CN(c2ccccc2)C1C.Cc1ccccc1N1c2ccccc2N(C)C1C.[2H]C([2H])(C)c1cc[n+](C)c(-c2ccccc2C)c1.[2H]C([2H])(C)c1ccc(-c2ccccc2C)[n+](C)c1.[2H]C([2H])([2H])N1c2ccccc2N(c2ccccc2C)C1C. The molecule has 0 spiro atoms. The minimum Gasteiger partial charge on any atom is -0.353 e. The van der Waals surface area contributed by atoms with Gasteiger partial charge in [-0.05, 0) is 205 Å². The fourth-order valence-electron chi connectivity index (χ4n) is 13.6. The number of rotatable bonds is 10. The summed E-state index contributed by atoms with van der Waals surface area (Å²) in [6, 6.07) is 88.8. The molecule has 103 heavy (non-hydrogen) atoms. The summed E-state index contributed by atoms with van der Waals surface area (Å²) in [5.41, 5.74) is 26.4. The monoisotopic (exact) mass is 1370 g/mol. The number of benzene rings is 9. The van der Waals surface area contributed by atoms with E-state index in [9.17, 15) is 0 Å². The fourth-order valence-corrected chi connectivity index (χ4v) is 13.6. The molecule has 0 fully saturated rings. The van der Waals surface area contributed by atoms with Crippen molar-refractivity contribution in [1.29, 1.82) is 0 Å². The third kappa shape index (κ3) is 17.5. The Labute approximate surface area is 626 Å². The molecule has 6 heterocycles. The van der Waals surface area contributed by atoms with E-state index in [-0.39, 0.29) is 6.17 Å². The lowest BCUT2D eigenvalue weighted by Gasteiger charge is -2.30. The van der Waals surface area contributed by atoms with Crippen molar-refractivity contribution in [2.24, 2.45) is 21.1 Å². The summed E-state index contributed by atoms with van der Waals surface area (Å²) in [5.74, 6) is 0. The Bertz CT molecular complexity index is 5120. The van der Waals surface area contributed by atoms with Crippen LogP contribution in [0.4, 0.5) is 45.5 Å². The van der Waals surface area contributed by atoms with Crippen LogP contribution >= 0.6 is 0 Å². The van der Waals surface area contributed by atoms with Gasteiger partial charge in [-0.2, -0.15) is 0 Å². The maximum Gasteiger partial charge on any atom is 0.212 e. The molecule has 3 aliphatic heterocycles. The second kappa shape index (κ2) is 35.0. The predicted octanol–water partition coefficient (Wildman–Crippen LogP) is 21.1. The molecule has 3 aliphatic rings. The van der Waals surface area contributed by atoms with Crippen LogP contribution in [0, 0.1) is 41.5 Å². The van der Waals surface area contributed by atoms with Crippen LogP contribution in [0.2, 0.25) is 0 Å². The summed E-state index contributed by atoms with van der Waals surface area (Å²) in [6.45, 7) is 22.3. The highest BCUT2D eigenvalue weighted by molar-refractivity contribution is 5.85. The molecular formula is C94H108N9+3. The van der Waals surface area contributed by atoms with Crippen molar-refractivity contribution < 1.29 is 23.3 Å². The molecule has 0 saturated heterocycles. The number of hydrogen-bond donors (Lipinski definition) is 0. The Balaban J connectivity index is 0.000000141. The molecule has 9 nitrogen and oxygen atoms in total. The van der Waals surface area contributed by atoms with Crippen molar-refractivity contribution >= 4 is 45.5 Å². The van der Waals surface area contributed by atoms with Crippen molar-refractivity contribution in [1.82, 2.24) is 0 Å². The first-order valence-electron chi connectivity index (χ1n) is 39.3. The third-order valence-corrected chi connectivity index (χ3v) is 19.7. The van der Waals surface area contributed by atoms with Crippen molar-refractivity contribution in [3.05, 3.63) is 342 Å². The first-order chi connectivity index (χ1) is 52.4. The van der Waals surface area contributed by atoms with Crippen molar-refractivity contribution in [3.8, 4) is 33.8 Å². The molecule has 0 radical (unpaired) electrons. The van der Waals surface area contributed by atoms with Crippen molar-refractivity contribution in [2.75, 3.05) is 43.4 Å². The standard InChI is InChI=1S/C17H18N2.2C16H18N2.3C15H18N/c1-14-8-6-7-11-17(14)19-13-12-18(15(19)2)16-9-4-3-5-10-16;2*1-12-8-4-5-9-14(12)18-13(2)17(3)15-10-6-7-11-16(15)18;1-4-13-9-10-16(3)15(11-13)14-8-6-5-7-12(14)2;2*1-4-13-9-10-15(16(3)11-13)14-8-6-5-7-12(14)2/h3-13,15H,1-2H3;2*4-11,13H,1-3H3;3*5-11H,4H2,1-3H3/q;;;3*+1/i;3D3;;2*4D2;. The Hall–Kier alpha value is -11.0. The molecule has 526 valence electrons. The lowest BCUT2D eigenvalue weighted by molar-refractivity contribution is -0.660. The maximum absolute atomic E-state index is 7.83. The average molecular weight is 1370 g/mol. The van der Waals surface area contributed by atoms with E-state index in [1.807, 2.05) is 153 Å². The van der Waals surface area contributed by atoms with Gasteiger partial charge in [0.2, 0.25) is 17.1 Å². The van der Waals surface area contributed by atoms with Gasteiger partial charge in [0.25, 0.3) is 0 Å². The van der Waals surface area contributed by atoms with E-state index in [0.717, 1.165) is 46.0 Å². The molecule has 0 aliphatic carbocycles. The minimum absolute atomic E-state index is 0.254. The van der Waals surface area contributed by atoms with Gasteiger partial charge in [0, 0.05) is 111 Å². The normalized spacial score (nSPS) is 15.9. The minimum atomic E-state index is -2.16. The first-order valence-corrected chi connectivity index (χ1v) is 35.8. The van der Waals surface area contributed by atoms with E-state index in [1.165, 1.54) is 83.5 Å². The van der Waals surface area contributed by atoms with Gasteiger partial charge in [0.1, 0.15) is 39.6 Å². The van der Waals surface area contributed by atoms with Crippen LogP contribution in [0.1, 0.15) is 101 Å². The first kappa shape index (κ1) is 65.3. The number of hydrogen-bond acceptors (Lipinski definition) is 6. The number of pyridine rings is 3. The molecule has 12 aromatic rings. The highest BCUT2D eigenvalue weighted by Gasteiger charge is 2.33. The molecule has 15 rings (SSSR count). The number of aryl methyl sites for hydroxylation is 12. The Morgan fingerprint density at radius 3 is 1.15 bits per heavy atom. The smallest absolute Gasteiger partial charge is 0.212 e. The summed E-state index contributed by atoms with van der Waals surface area (Å²) >= 11 is 0. The second-order valence-corrected chi connectivity index (χ2v) is 26.6. The summed E-state index contributed by atoms with van der Waals surface area (Å²) in [4.78, 5) is 12.9. The van der Waals surface area contributed by atoms with E-state index >= 15 is 0 Å². The molecule has 0 amide bonds. The van der Waals surface area contributed by atoms with Crippen molar-refractivity contribution in [3.63, 3.8) is 0 Å². The van der Waals surface area contributed by atoms with Crippen LogP contribution < -0.4 is 43.1 Å². The van der Waals surface area contributed by atoms with Gasteiger partial charge in [0.15, 0.2) is 18.6 Å². The van der Waals surface area contributed by atoms with Crippen LogP contribution in [0.5, 0.6) is 0 Å². The molecule has 3 atom stereocenters. The van der Waals surface area contributed by atoms with Crippen LogP contribution in [0.3, 0.4) is 0 Å². The summed E-state index contributed by atoms with van der Waals surface area (Å²) in [5, 5.41) is 0. The van der Waals surface area contributed by atoms with Crippen LogP contribution in [-0.2, 0) is 40.3 Å². The van der Waals surface area contributed by atoms with Crippen LogP contribution in [0.15, 0.2) is 292 Å². The average Bonchev–Trinajstić information content (AvgIpc) is 1.59. The molecule has 9 heteroatoms. The van der Waals surface area contributed by atoms with Gasteiger partial charge < -0.3 is 29.4 Å². The Kier molecular flexibility index (Phi) is 22.2. The summed E-state index contributed by atoms with van der Waals surface area (Å²) in [7, 11) is 8.20. The van der Waals surface area contributed by atoms with Crippen LogP contribution in [-0.4, -0.2) is 32.5 Å². The maximum atomic E-state index is 7.83. The van der Waals surface area contributed by atoms with E-state index in [4.69, 9.17) is 9.60 Å². The molecule has 3 aromatic heterocycles. The molecule has 0 saturated carbocycles. The number of anilines is 8. The fraction of sp³-hybridized carbons (Fsp3) is 0.245. The summed E-state index contributed by atoms with van der Waals surface area (Å²) < 4.78 is 60.8. The topological polar surface area (TPSA) is 31.1 Å². The lowest BCUT2D eigenvalue weighted by atomic mass is 10.0. The van der Waals surface area contributed by atoms with Crippen molar-refractivity contribution in [2.45, 2.75) is 121 Å². The van der Waals surface area contributed by atoms with Gasteiger partial charge in [-0.25, -0.2) is 13.7 Å². The van der Waals surface area contributed by atoms with Gasteiger partial charge in [-0.15, -0.1) is 0 Å². The second-order valence-electron chi connectivity index (χ2n) is 26.6. The van der Waals surface area contributed by atoms with Gasteiger partial charge in [-0.1, -0.05) is 172 Å². The zero-order valence-corrected chi connectivity index (χ0v) is 63.2. The van der Waals surface area contributed by atoms with Gasteiger partial charge in [-0.3, -0.25) is 0 Å². The lowest BCUT2D eigenvalue weighted by Crippen LogP contribution is -2.36. The largest absolute Gasteiger partial charge is 0.353 e. The Morgan fingerprint density at radius 2 is 0.709 bits per heavy atom. The van der Waals surface area contributed by atoms with E-state index in [1.54, 1.807) is 13.8 Å². The molecule has 0 bridgehead atoms. The third-order valence-electron chi connectivity index (χ3n) is 19.7. The molecular weight excluding hydrogens is 1260 g/mol. The quantitative estimate of drug-likeness (QED) is 0.127. The molecule has 0 N–H and O–H groups in total. The number of para-hydroxylation sites is 8. The molecule has 9 aromatic carbocycles. The number of aromatic nitrogens is 3. The predicted molar refractivity (Wildman–Crippen MR) is 438 cm³/mol. The van der Waals surface area contributed by atoms with E-state index < -0.39 is 19.7 Å². The number of nitrogens with zero attached hydrogens (tertiary/aromatic N) is 9. The van der Waals surface area contributed by atoms with E-state index in [2.05, 4.69) is 275 Å². The highest BCUT2D eigenvalue weighted by Crippen LogP contribution is 2.45. The highest BCUT2D eigenvalue weighted by atomic mass is 15.4. The summed E-state index contributed by atoms with van der Waals surface area (Å²) in [6.07, 6.45) is 9.15.